The highest BCUT2D eigenvalue weighted by atomic mass is 19.1. The van der Waals surface area contributed by atoms with Crippen molar-refractivity contribution in [3.8, 4) is 23.0 Å². The van der Waals surface area contributed by atoms with E-state index in [0.717, 1.165) is 6.20 Å². The summed E-state index contributed by atoms with van der Waals surface area (Å²) in [6.45, 7) is 2.11. The van der Waals surface area contributed by atoms with Crippen LogP contribution in [-0.4, -0.2) is 24.2 Å². The van der Waals surface area contributed by atoms with Crippen molar-refractivity contribution in [3.05, 3.63) is 89.0 Å². The number of halogens is 1. The molecule has 2 aromatic carbocycles. The number of rotatable bonds is 3. The Morgan fingerprint density at radius 1 is 1.14 bits per heavy atom. The van der Waals surface area contributed by atoms with Crippen molar-refractivity contribution in [2.45, 2.75) is 12.8 Å². The molecule has 0 saturated heterocycles. The predicted octanol–water partition coefficient (Wildman–Crippen LogP) is 4.42. The molecule has 0 radical (unpaired) electrons. The molecule has 0 unspecified atom stereocenters. The van der Waals surface area contributed by atoms with Gasteiger partial charge in [0.1, 0.15) is 18.1 Å². The fourth-order valence-electron chi connectivity index (χ4n) is 3.57. The van der Waals surface area contributed by atoms with Crippen molar-refractivity contribution >= 4 is 6.09 Å². The minimum atomic E-state index is -0.523. The van der Waals surface area contributed by atoms with Crippen LogP contribution < -0.4 is 5.32 Å². The minimum absolute atomic E-state index is 0.0188. The van der Waals surface area contributed by atoms with Gasteiger partial charge in [-0.15, -0.1) is 0 Å². The molecule has 3 aromatic rings. The number of aryl methyl sites for hydroxylation is 1. The molecule has 0 fully saturated rings. The molecule has 1 aliphatic rings. The second-order valence-electron chi connectivity index (χ2n) is 6.80. The number of hydrogen-bond acceptors (Lipinski definition) is 3. The van der Waals surface area contributed by atoms with E-state index in [9.17, 15) is 9.18 Å². The number of carbonyl (C=O) groups excluding carboxylic acids is 1. The summed E-state index contributed by atoms with van der Waals surface area (Å²) in [6.07, 6.45) is 0.598. The van der Waals surface area contributed by atoms with Gasteiger partial charge in [-0.05, 0) is 46.7 Å². The number of hydrogen-bond donors (Lipinski definition) is 1. The Bertz CT molecular complexity index is 1090. The van der Waals surface area contributed by atoms with E-state index in [1.807, 2.05) is 24.3 Å². The molecule has 1 aromatic heterocycles. The van der Waals surface area contributed by atoms with Crippen molar-refractivity contribution in [3.63, 3.8) is 0 Å². The second kappa shape index (κ2) is 8.15. The molecular weight excluding hydrogens is 367 g/mol. The quantitative estimate of drug-likeness (QED) is 0.678. The Balaban J connectivity index is 1.35. The Labute approximate surface area is 168 Å². The van der Waals surface area contributed by atoms with Gasteiger partial charge in [-0.1, -0.05) is 54.5 Å². The van der Waals surface area contributed by atoms with Gasteiger partial charge in [0.2, 0.25) is 0 Å². The van der Waals surface area contributed by atoms with Gasteiger partial charge < -0.3 is 10.1 Å². The number of fused-ring (bicyclic) bond motifs is 3. The first-order valence-electron chi connectivity index (χ1n) is 9.33. The number of benzene rings is 2. The van der Waals surface area contributed by atoms with Gasteiger partial charge in [0.15, 0.2) is 0 Å². The number of aromatic nitrogens is 1. The van der Waals surface area contributed by atoms with Crippen molar-refractivity contribution in [1.29, 1.82) is 0 Å². The first-order chi connectivity index (χ1) is 14.1. The SMILES string of the molecule is Cc1cc(F)cnc1C#CCNC(=O)OCC1c2ccccc2-c2ccccc21. The lowest BCUT2D eigenvalue weighted by Crippen LogP contribution is -2.26. The predicted molar refractivity (Wildman–Crippen MR) is 109 cm³/mol. The zero-order chi connectivity index (χ0) is 20.2. The number of amides is 1. The van der Waals surface area contributed by atoms with Crippen LogP contribution in [-0.2, 0) is 4.74 Å². The Morgan fingerprint density at radius 3 is 2.45 bits per heavy atom. The first kappa shape index (κ1) is 18.7. The zero-order valence-corrected chi connectivity index (χ0v) is 15.9. The monoisotopic (exact) mass is 386 g/mol. The zero-order valence-electron chi connectivity index (χ0n) is 15.9. The molecule has 4 nitrogen and oxygen atoms in total. The Kier molecular flexibility index (Phi) is 5.26. The molecule has 144 valence electrons. The summed E-state index contributed by atoms with van der Waals surface area (Å²) in [5, 5.41) is 2.62. The summed E-state index contributed by atoms with van der Waals surface area (Å²) < 4.78 is 18.5. The normalized spacial score (nSPS) is 11.8. The van der Waals surface area contributed by atoms with Gasteiger partial charge in [0, 0.05) is 5.92 Å². The van der Waals surface area contributed by atoms with Gasteiger partial charge in [0.05, 0.1) is 12.7 Å². The summed E-state index contributed by atoms with van der Waals surface area (Å²) in [6, 6.07) is 17.7. The van der Waals surface area contributed by atoms with Crippen LogP contribution in [0.4, 0.5) is 9.18 Å². The van der Waals surface area contributed by atoms with Crippen LogP contribution in [0.2, 0.25) is 0 Å². The fraction of sp³-hybridized carbons (Fsp3) is 0.167. The van der Waals surface area contributed by atoms with E-state index in [0.29, 0.717) is 11.3 Å². The summed E-state index contributed by atoms with van der Waals surface area (Å²) in [7, 11) is 0. The molecule has 0 saturated carbocycles. The molecule has 5 heteroatoms. The third-order valence-corrected chi connectivity index (χ3v) is 4.92. The van der Waals surface area contributed by atoms with Gasteiger partial charge in [-0.3, -0.25) is 0 Å². The average molecular weight is 386 g/mol. The lowest BCUT2D eigenvalue weighted by atomic mass is 9.98. The standard InChI is InChI=1S/C24H19FN2O2/c1-16-13-17(25)14-27-23(16)11-6-12-26-24(28)29-15-22-20-9-4-2-7-18(20)19-8-3-5-10-21(19)22/h2-5,7-10,13-14,22H,12,15H2,1H3,(H,26,28). The third-order valence-electron chi connectivity index (χ3n) is 4.92. The lowest BCUT2D eigenvalue weighted by molar-refractivity contribution is 0.144. The third kappa shape index (κ3) is 3.97. The molecular formula is C24H19FN2O2. The molecule has 0 bridgehead atoms. The highest BCUT2D eigenvalue weighted by Gasteiger charge is 2.28. The maximum atomic E-state index is 13.1. The summed E-state index contributed by atoms with van der Waals surface area (Å²) in [5.74, 6) is 5.25. The maximum Gasteiger partial charge on any atom is 0.407 e. The molecule has 1 amide bonds. The largest absolute Gasteiger partial charge is 0.449 e. The summed E-state index contributed by atoms with van der Waals surface area (Å²) in [4.78, 5) is 16.0. The Morgan fingerprint density at radius 2 is 1.79 bits per heavy atom. The molecule has 1 aliphatic carbocycles. The van der Waals surface area contributed by atoms with E-state index in [1.54, 1.807) is 6.92 Å². The van der Waals surface area contributed by atoms with Crippen molar-refractivity contribution < 1.29 is 13.9 Å². The van der Waals surface area contributed by atoms with E-state index in [2.05, 4.69) is 46.4 Å². The van der Waals surface area contributed by atoms with Gasteiger partial charge in [-0.2, -0.15) is 0 Å². The van der Waals surface area contributed by atoms with Crippen LogP contribution in [0.5, 0.6) is 0 Å². The van der Waals surface area contributed by atoms with E-state index >= 15 is 0 Å². The Hall–Kier alpha value is -3.65. The van der Waals surface area contributed by atoms with Crippen LogP contribution in [0.25, 0.3) is 11.1 Å². The van der Waals surface area contributed by atoms with E-state index in [1.165, 1.54) is 28.3 Å². The van der Waals surface area contributed by atoms with Crippen LogP contribution in [0.3, 0.4) is 0 Å². The fourth-order valence-corrected chi connectivity index (χ4v) is 3.57. The molecule has 4 rings (SSSR count). The summed E-state index contributed by atoms with van der Waals surface area (Å²) in [5.41, 5.74) is 5.84. The van der Waals surface area contributed by atoms with Gasteiger partial charge in [0.25, 0.3) is 0 Å². The number of alkyl carbamates (subject to hydrolysis) is 1. The maximum absolute atomic E-state index is 13.1. The topological polar surface area (TPSA) is 51.2 Å². The minimum Gasteiger partial charge on any atom is -0.449 e. The summed E-state index contributed by atoms with van der Waals surface area (Å²) >= 11 is 0. The average Bonchev–Trinajstić information content (AvgIpc) is 3.05. The number of carbonyl (C=O) groups is 1. The van der Waals surface area contributed by atoms with E-state index < -0.39 is 11.9 Å². The molecule has 1 heterocycles. The van der Waals surface area contributed by atoms with Crippen LogP contribution >= 0.6 is 0 Å². The van der Waals surface area contributed by atoms with Gasteiger partial charge >= 0.3 is 6.09 Å². The van der Waals surface area contributed by atoms with Crippen LogP contribution in [0, 0.1) is 24.6 Å². The van der Waals surface area contributed by atoms with Crippen molar-refractivity contribution in [1.82, 2.24) is 10.3 Å². The number of ether oxygens (including phenoxy) is 1. The van der Waals surface area contributed by atoms with E-state index in [4.69, 9.17) is 4.74 Å². The number of pyridine rings is 1. The number of nitrogens with zero attached hydrogens (tertiary/aromatic N) is 1. The number of nitrogens with one attached hydrogen (secondary N) is 1. The molecule has 1 N–H and O–H groups in total. The van der Waals surface area contributed by atoms with Gasteiger partial charge in [-0.25, -0.2) is 14.2 Å². The van der Waals surface area contributed by atoms with Crippen molar-refractivity contribution in [2.24, 2.45) is 0 Å². The first-order valence-corrected chi connectivity index (χ1v) is 9.33. The second-order valence-corrected chi connectivity index (χ2v) is 6.80. The molecule has 0 spiro atoms. The smallest absolute Gasteiger partial charge is 0.407 e. The van der Waals surface area contributed by atoms with Crippen molar-refractivity contribution in [2.75, 3.05) is 13.2 Å². The van der Waals surface area contributed by atoms with Crippen LogP contribution in [0.1, 0.15) is 28.3 Å². The van der Waals surface area contributed by atoms with E-state index in [-0.39, 0.29) is 19.1 Å². The lowest BCUT2D eigenvalue weighted by Gasteiger charge is -2.14. The molecule has 0 atom stereocenters. The van der Waals surface area contributed by atoms with Crippen LogP contribution in [0.15, 0.2) is 60.8 Å². The highest BCUT2D eigenvalue weighted by Crippen LogP contribution is 2.44. The highest BCUT2D eigenvalue weighted by molar-refractivity contribution is 5.79. The molecule has 29 heavy (non-hydrogen) atoms. The molecule has 0 aliphatic heterocycles.